The topological polar surface area (TPSA) is 141 Å². The van der Waals surface area contributed by atoms with E-state index in [1.54, 1.807) is 24.3 Å². The van der Waals surface area contributed by atoms with E-state index in [-0.39, 0.29) is 19.1 Å². The van der Waals surface area contributed by atoms with E-state index in [0.717, 1.165) is 10.0 Å². The first-order valence-corrected chi connectivity index (χ1v) is 13.7. The second kappa shape index (κ2) is 13.5. The average Bonchev–Trinajstić information content (AvgIpc) is 3.34. The monoisotopic (exact) mass is 606 g/mol. The highest BCUT2D eigenvalue weighted by atomic mass is 79.9. The van der Waals surface area contributed by atoms with Gasteiger partial charge in [-0.25, -0.2) is 10.4 Å². The highest BCUT2D eigenvalue weighted by Crippen LogP contribution is 2.45. The summed E-state index contributed by atoms with van der Waals surface area (Å²) in [5.74, 6) is 0.548. The zero-order chi connectivity index (χ0) is 28.5. The Balaban J connectivity index is 1.83. The Kier molecular flexibility index (Phi) is 9.79. The van der Waals surface area contributed by atoms with Gasteiger partial charge in [-0.1, -0.05) is 63.5 Å². The van der Waals surface area contributed by atoms with Crippen LogP contribution >= 0.6 is 15.9 Å². The maximum atomic E-state index is 14.1. The molecule has 0 saturated heterocycles. The molecule has 1 aliphatic rings. The molecule has 1 heterocycles. The molecule has 3 aromatic rings. The molecule has 1 aliphatic heterocycles. The molecule has 208 valence electrons. The van der Waals surface area contributed by atoms with E-state index in [2.05, 4.69) is 36.8 Å². The third-order valence-corrected chi connectivity index (χ3v) is 7.02. The number of hydrogen-bond donors (Lipinski definition) is 3. The molecular weight excluding hydrogens is 576 g/mol. The lowest BCUT2D eigenvalue weighted by atomic mass is 9.81. The molecule has 4 rings (SSSR count). The molecule has 0 unspecified atom stereocenters. The van der Waals surface area contributed by atoms with Gasteiger partial charge in [-0.2, -0.15) is 0 Å². The van der Waals surface area contributed by atoms with Gasteiger partial charge in [0.2, 0.25) is 5.90 Å². The van der Waals surface area contributed by atoms with Crippen LogP contribution in [0.25, 0.3) is 10.4 Å². The van der Waals surface area contributed by atoms with Crippen molar-refractivity contribution in [2.45, 2.75) is 44.4 Å². The molecule has 3 aromatic carbocycles. The van der Waals surface area contributed by atoms with Gasteiger partial charge in [-0.15, -0.1) is 0 Å². The highest BCUT2D eigenvalue weighted by molar-refractivity contribution is 9.10. The number of aliphatic imine (C=N–C) groups is 1. The van der Waals surface area contributed by atoms with Crippen LogP contribution in [0.3, 0.4) is 0 Å². The Morgan fingerprint density at radius 2 is 1.90 bits per heavy atom. The standard InChI is InChI=1S/C29H31BrN6O4/c1-19(2)33-35-28(38)29(18-21-8-3-6-11-25(21)34-36-31)26(23-9-4-5-10-24(23)30)40-27(32-29)20-12-14-22(15-13-20)39-17-7-16-37/h3-6,8-15,19,26,33,37H,7,16-18H2,1-2H3,(H,35,38)/t26-,29-/m0/s1. The number of hydrazine groups is 1. The van der Waals surface area contributed by atoms with Gasteiger partial charge in [0.15, 0.2) is 11.6 Å². The van der Waals surface area contributed by atoms with Crippen molar-refractivity contribution in [3.63, 3.8) is 0 Å². The predicted octanol–water partition coefficient (Wildman–Crippen LogP) is 5.68. The zero-order valence-corrected chi connectivity index (χ0v) is 23.8. The van der Waals surface area contributed by atoms with Gasteiger partial charge in [0.25, 0.3) is 5.91 Å². The fraction of sp³-hybridized carbons (Fsp3) is 0.310. The lowest BCUT2D eigenvalue weighted by Crippen LogP contribution is -2.55. The molecule has 0 aromatic heterocycles. The number of aliphatic hydroxyl groups is 1. The predicted molar refractivity (Wildman–Crippen MR) is 156 cm³/mol. The Hall–Kier alpha value is -3.89. The SMILES string of the molecule is CC(C)NNC(=O)[C@@]1(Cc2ccccc2N=[N+]=[N-])N=C(c2ccc(OCCCO)cc2)O[C@H]1c1ccccc1Br. The van der Waals surface area contributed by atoms with Gasteiger partial charge in [0.1, 0.15) is 5.75 Å². The van der Waals surface area contributed by atoms with Crippen LogP contribution in [0.15, 0.2) is 87.4 Å². The number of carbonyl (C=O) groups is 1. The molecule has 0 saturated carbocycles. The Morgan fingerprint density at radius 1 is 1.18 bits per heavy atom. The fourth-order valence-electron chi connectivity index (χ4n) is 4.36. The summed E-state index contributed by atoms with van der Waals surface area (Å²) in [5.41, 5.74) is 16.0. The molecule has 40 heavy (non-hydrogen) atoms. The number of nitrogens with one attached hydrogen (secondary N) is 2. The van der Waals surface area contributed by atoms with Crippen LogP contribution in [0.2, 0.25) is 0 Å². The minimum atomic E-state index is -1.46. The average molecular weight is 608 g/mol. The van der Waals surface area contributed by atoms with Crippen LogP contribution in [-0.2, 0) is 16.0 Å². The van der Waals surface area contributed by atoms with Gasteiger partial charge in [-0.3, -0.25) is 10.2 Å². The lowest BCUT2D eigenvalue weighted by Gasteiger charge is -2.32. The summed E-state index contributed by atoms with van der Waals surface area (Å²) in [6, 6.07) is 21.9. The molecule has 0 fully saturated rings. The third-order valence-electron chi connectivity index (χ3n) is 6.30. The smallest absolute Gasteiger partial charge is 0.266 e. The van der Waals surface area contributed by atoms with Crippen molar-refractivity contribution in [3.05, 3.63) is 104 Å². The number of nitrogens with zero attached hydrogens (tertiary/aromatic N) is 4. The molecule has 0 radical (unpaired) electrons. The molecule has 1 amide bonds. The first-order valence-electron chi connectivity index (χ1n) is 12.9. The van der Waals surface area contributed by atoms with Crippen LogP contribution < -0.4 is 15.6 Å². The summed E-state index contributed by atoms with van der Waals surface area (Å²) < 4.78 is 12.9. The van der Waals surface area contributed by atoms with Crippen molar-refractivity contribution in [2.24, 2.45) is 10.1 Å². The van der Waals surface area contributed by atoms with Crippen molar-refractivity contribution in [2.75, 3.05) is 13.2 Å². The van der Waals surface area contributed by atoms with Gasteiger partial charge in [0, 0.05) is 51.7 Å². The summed E-state index contributed by atoms with van der Waals surface area (Å²) in [4.78, 5) is 22.0. The van der Waals surface area contributed by atoms with Gasteiger partial charge >= 0.3 is 0 Å². The minimum absolute atomic E-state index is 0.0254. The van der Waals surface area contributed by atoms with Gasteiger partial charge in [-0.05, 0) is 55.3 Å². The van der Waals surface area contributed by atoms with E-state index < -0.39 is 17.6 Å². The number of halogens is 1. The number of azide groups is 1. The maximum Gasteiger partial charge on any atom is 0.266 e. The number of carbonyl (C=O) groups excluding carboxylic acids is 1. The molecule has 10 nitrogen and oxygen atoms in total. The molecule has 2 atom stereocenters. The van der Waals surface area contributed by atoms with Crippen molar-refractivity contribution in [1.82, 2.24) is 10.9 Å². The molecule has 3 N–H and O–H groups in total. The summed E-state index contributed by atoms with van der Waals surface area (Å²) in [6.45, 7) is 4.28. The quantitative estimate of drug-likeness (QED) is 0.0799. The molecule has 0 aliphatic carbocycles. The van der Waals surface area contributed by atoms with Crippen LogP contribution in [0.5, 0.6) is 5.75 Å². The van der Waals surface area contributed by atoms with E-state index >= 15 is 0 Å². The lowest BCUT2D eigenvalue weighted by molar-refractivity contribution is -0.130. The first-order chi connectivity index (χ1) is 19.4. The minimum Gasteiger partial charge on any atom is -0.494 e. The van der Waals surface area contributed by atoms with E-state index in [4.69, 9.17) is 25.1 Å². The fourth-order valence-corrected chi connectivity index (χ4v) is 4.85. The Labute approximate surface area is 241 Å². The third kappa shape index (κ3) is 6.63. The largest absolute Gasteiger partial charge is 0.494 e. The first kappa shape index (κ1) is 29.1. The number of aliphatic hydroxyl groups excluding tert-OH is 1. The number of hydrogen-bond acceptors (Lipinski definition) is 7. The van der Waals surface area contributed by atoms with Gasteiger partial charge in [0.05, 0.1) is 6.61 Å². The van der Waals surface area contributed by atoms with Crippen LogP contribution in [-0.4, -0.2) is 41.7 Å². The summed E-state index contributed by atoms with van der Waals surface area (Å²) in [5, 5.41) is 12.9. The Bertz CT molecular complexity index is 1410. The number of ether oxygens (including phenoxy) is 2. The second-order valence-corrected chi connectivity index (χ2v) is 10.4. The van der Waals surface area contributed by atoms with Crippen LogP contribution in [0.4, 0.5) is 5.69 Å². The van der Waals surface area contributed by atoms with Crippen molar-refractivity contribution < 1.29 is 19.4 Å². The molecule has 0 bridgehead atoms. The van der Waals surface area contributed by atoms with Gasteiger partial charge < -0.3 is 14.6 Å². The van der Waals surface area contributed by atoms with E-state index in [0.29, 0.717) is 41.5 Å². The number of amides is 1. The van der Waals surface area contributed by atoms with E-state index in [1.165, 1.54) is 0 Å². The van der Waals surface area contributed by atoms with Crippen molar-refractivity contribution in [1.29, 1.82) is 0 Å². The van der Waals surface area contributed by atoms with Crippen LogP contribution in [0.1, 0.15) is 43.1 Å². The maximum absolute atomic E-state index is 14.1. The second-order valence-electron chi connectivity index (χ2n) is 9.56. The summed E-state index contributed by atoms with van der Waals surface area (Å²) >= 11 is 3.63. The molecule has 0 spiro atoms. The number of benzene rings is 3. The summed E-state index contributed by atoms with van der Waals surface area (Å²) in [7, 11) is 0. The highest BCUT2D eigenvalue weighted by Gasteiger charge is 2.54. The molecule has 11 heteroatoms. The Morgan fingerprint density at radius 3 is 2.60 bits per heavy atom. The molecular formula is C29H31BrN6O4. The van der Waals surface area contributed by atoms with E-state index in [1.807, 2.05) is 62.4 Å². The normalized spacial score (nSPS) is 18.0. The zero-order valence-electron chi connectivity index (χ0n) is 22.3. The van der Waals surface area contributed by atoms with E-state index in [9.17, 15) is 4.79 Å². The van der Waals surface area contributed by atoms with Crippen molar-refractivity contribution >= 4 is 33.4 Å². The number of rotatable bonds is 12. The summed E-state index contributed by atoms with van der Waals surface area (Å²) in [6.07, 6.45) is -0.178. The van der Waals surface area contributed by atoms with Crippen molar-refractivity contribution in [3.8, 4) is 5.75 Å². The van der Waals surface area contributed by atoms with Crippen LogP contribution in [0, 0.1) is 0 Å².